The van der Waals surface area contributed by atoms with Crippen LogP contribution in [0.25, 0.3) is 0 Å². The Kier molecular flexibility index (Phi) is 4.34. The first-order valence-electron chi connectivity index (χ1n) is 4.60. The number of rotatable bonds is 4. The van der Waals surface area contributed by atoms with Crippen LogP contribution < -0.4 is 4.74 Å². The maximum Gasteiger partial charge on any atom is 0.127 e. The van der Waals surface area contributed by atoms with E-state index in [0.717, 1.165) is 11.3 Å². The molecule has 1 aromatic carbocycles. The van der Waals surface area contributed by atoms with Crippen molar-refractivity contribution in [1.82, 2.24) is 4.90 Å². The van der Waals surface area contributed by atoms with E-state index in [2.05, 4.69) is 10.2 Å². The molecule has 0 spiro atoms. The van der Waals surface area contributed by atoms with Gasteiger partial charge in [0.15, 0.2) is 0 Å². The first-order valence-corrected chi connectivity index (χ1v) is 4.60. The number of benzene rings is 1. The zero-order chi connectivity index (χ0) is 11.1. The largest absolute Gasteiger partial charge is 0.496 e. The van der Waals surface area contributed by atoms with Crippen LogP contribution in [0.15, 0.2) is 34.5 Å². The number of ether oxygens (including phenoxy) is 1. The lowest BCUT2D eigenvalue weighted by Gasteiger charge is -2.02. The molecule has 0 aromatic heterocycles. The quantitative estimate of drug-likeness (QED) is 0.425. The fourth-order valence-corrected chi connectivity index (χ4v) is 1.00. The van der Waals surface area contributed by atoms with Crippen LogP contribution in [0.1, 0.15) is 5.56 Å². The number of hydrogen-bond donors (Lipinski definition) is 0. The van der Waals surface area contributed by atoms with E-state index in [0.29, 0.717) is 0 Å². The van der Waals surface area contributed by atoms with Gasteiger partial charge < -0.3 is 9.64 Å². The summed E-state index contributed by atoms with van der Waals surface area (Å²) in [6.07, 6.45) is 3.30. The van der Waals surface area contributed by atoms with Crippen molar-refractivity contribution in [3.8, 4) is 5.75 Å². The lowest BCUT2D eigenvalue weighted by atomic mass is 10.2. The van der Waals surface area contributed by atoms with Gasteiger partial charge in [0, 0.05) is 19.7 Å². The summed E-state index contributed by atoms with van der Waals surface area (Å²) in [6, 6.07) is 7.66. The van der Waals surface area contributed by atoms with Crippen molar-refractivity contribution in [2.45, 2.75) is 0 Å². The van der Waals surface area contributed by atoms with E-state index in [1.54, 1.807) is 19.7 Å². The van der Waals surface area contributed by atoms with E-state index in [1.165, 1.54) is 0 Å². The van der Waals surface area contributed by atoms with Crippen LogP contribution in [-0.4, -0.2) is 38.7 Å². The van der Waals surface area contributed by atoms with Gasteiger partial charge in [0.05, 0.1) is 13.3 Å². The Labute approximate surface area is 89.9 Å². The van der Waals surface area contributed by atoms with Gasteiger partial charge in [-0.2, -0.15) is 5.10 Å². The van der Waals surface area contributed by atoms with E-state index in [4.69, 9.17) is 4.74 Å². The van der Waals surface area contributed by atoms with Gasteiger partial charge in [0.2, 0.25) is 0 Å². The molecule has 0 atom stereocenters. The fraction of sp³-hybridized carbons (Fsp3) is 0.273. The third kappa shape index (κ3) is 3.81. The molecule has 0 N–H and O–H groups in total. The summed E-state index contributed by atoms with van der Waals surface area (Å²) in [7, 11) is 5.42. The maximum absolute atomic E-state index is 5.17. The summed E-state index contributed by atoms with van der Waals surface area (Å²) in [6.45, 7) is 0. The van der Waals surface area contributed by atoms with Crippen molar-refractivity contribution in [3.63, 3.8) is 0 Å². The van der Waals surface area contributed by atoms with Crippen molar-refractivity contribution >= 4 is 12.6 Å². The average molecular weight is 205 g/mol. The number of para-hydroxylation sites is 1. The van der Waals surface area contributed by atoms with Crippen molar-refractivity contribution < 1.29 is 4.74 Å². The van der Waals surface area contributed by atoms with Gasteiger partial charge in [-0.15, -0.1) is 5.10 Å². The van der Waals surface area contributed by atoms with Crippen LogP contribution in [0.2, 0.25) is 0 Å². The lowest BCUT2D eigenvalue weighted by Crippen LogP contribution is -2.06. The minimum Gasteiger partial charge on any atom is -0.496 e. The van der Waals surface area contributed by atoms with Crippen LogP contribution in [0, 0.1) is 0 Å². The zero-order valence-electron chi connectivity index (χ0n) is 9.21. The Balaban J connectivity index is 2.71. The van der Waals surface area contributed by atoms with E-state index >= 15 is 0 Å². The monoisotopic (exact) mass is 205 g/mol. The van der Waals surface area contributed by atoms with Crippen molar-refractivity contribution in [2.24, 2.45) is 10.2 Å². The SMILES string of the molecule is COc1ccccc1/C=N\N=C\N(C)C. The molecule has 0 aliphatic carbocycles. The second kappa shape index (κ2) is 5.80. The number of nitrogens with zero attached hydrogens (tertiary/aromatic N) is 3. The van der Waals surface area contributed by atoms with Crippen molar-refractivity contribution in [1.29, 1.82) is 0 Å². The van der Waals surface area contributed by atoms with Crippen molar-refractivity contribution in [3.05, 3.63) is 29.8 Å². The maximum atomic E-state index is 5.17. The molecule has 0 saturated carbocycles. The zero-order valence-corrected chi connectivity index (χ0v) is 9.21. The summed E-state index contributed by atoms with van der Waals surface area (Å²) in [4.78, 5) is 1.82. The van der Waals surface area contributed by atoms with Crippen molar-refractivity contribution in [2.75, 3.05) is 21.2 Å². The predicted octanol–water partition coefficient (Wildman–Crippen LogP) is 1.62. The fourth-order valence-electron chi connectivity index (χ4n) is 1.00. The second-order valence-corrected chi connectivity index (χ2v) is 3.18. The summed E-state index contributed by atoms with van der Waals surface area (Å²) >= 11 is 0. The van der Waals surface area contributed by atoms with Gasteiger partial charge in [-0.3, -0.25) is 0 Å². The number of hydrogen-bond acceptors (Lipinski definition) is 3. The molecular weight excluding hydrogens is 190 g/mol. The molecule has 0 saturated heterocycles. The molecular formula is C11H15N3O. The second-order valence-electron chi connectivity index (χ2n) is 3.18. The van der Waals surface area contributed by atoms with Crippen LogP contribution in [-0.2, 0) is 0 Å². The smallest absolute Gasteiger partial charge is 0.127 e. The highest BCUT2D eigenvalue weighted by atomic mass is 16.5. The summed E-state index contributed by atoms with van der Waals surface area (Å²) in [5.41, 5.74) is 0.913. The first-order chi connectivity index (χ1) is 7.24. The number of methoxy groups -OCH3 is 1. The molecule has 0 aliphatic rings. The Morgan fingerprint density at radius 2 is 1.93 bits per heavy atom. The van der Waals surface area contributed by atoms with Gasteiger partial charge in [-0.05, 0) is 12.1 Å². The molecule has 0 bridgehead atoms. The molecule has 80 valence electrons. The Morgan fingerprint density at radius 1 is 1.20 bits per heavy atom. The molecule has 0 aliphatic heterocycles. The van der Waals surface area contributed by atoms with Crippen LogP contribution >= 0.6 is 0 Å². The first kappa shape index (κ1) is 11.2. The molecule has 15 heavy (non-hydrogen) atoms. The molecule has 0 radical (unpaired) electrons. The summed E-state index contributed by atoms with van der Waals surface area (Å²) in [5.74, 6) is 0.793. The molecule has 1 rings (SSSR count). The van der Waals surface area contributed by atoms with Crippen LogP contribution in [0.5, 0.6) is 5.75 Å². The molecule has 0 heterocycles. The average Bonchev–Trinajstić information content (AvgIpc) is 2.24. The Bertz CT molecular complexity index is 359. The van der Waals surface area contributed by atoms with E-state index in [-0.39, 0.29) is 0 Å². The topological polar surface area (TPSA) is 37.2 Å². The van der Waals surface area contributed by atoms with E-state index in [1.807, 2.05) is 43.3 Å². The van der Waals surface area contributed by atoms with E-state index < -0.39 is 0 Å². The summed E-state index contributed by atoms with van der Waals surface area (Å²) < 4.78 is 5.17. The van der Waals surface area contributed by atoms with Gasteiger partial charge >= 0.3 is 0 Å². The normalized spacial score (nSPS) is 11.1. The lowest BCUT2D eigenvalue weighted by molar-refractivity contribution is 0.414. The van der Waals surface area contributed by atoms with Gasteiger partial charge in [-0.1, -0.05) is 12.1 Å². The molecule has 1 aromatic rings. The van der Waals surface area contributed by atoms with Crippen LogP contribution in [0.4, 0.5) is 0 Å². The summed E-state index contributed by atoms with van der Waals surface area (Å²) in [5, 5.41) is 7.77. The predicted molar refractivity (Wildman–Crippen MR) is 62.8 cm³/mol. The standard InChI is InChI=1S/C11H15N3O/c1-14(2)9-13-12-8-10-6-4-5-7-11(10)15-3/h4-9H,1-3H3/b12-8-,13-9+. The molecule has 0 amide bonds. The van der Waals surface area contributed by atoms with E-state index in [9.17, 15) is 0 Å². The highest BCUT2D eigenvalue weighted by molar-refractivity contribution is 5.83. The molecule has 4 heteroatoms. The Hall–Kier alpha value is -1.84. The highest BCUT2D eigenvalue weighted by Gasteiger charge is 1.96. The van der Waals surface area contributed by atoms with Gasteiger partial charge in [0.1, 0.15) is 12.1 Å². The minimum absolute atomic E-state index is 0.793. The third-order valence-corrected chi connectivity index (χ3v) is 1.68. The highest BCUT2D eigenvalue weighted by Crippen LogP contribution is 2.14. The third-order valence-electron chi connectivity index (χ3n) is 1.68. The van der Waals surface area contributed by atoms with Gasteiger partial charge in [0.25, 0.3) is 0 Å². The van der Waals surface area contributed by atoms with Crippen LogP contribution in [0.3, 0.4) is 0 Å². The van der Waals surface area contributed by atoms with Gasteiger partial charge in [-0.25, -0.2) is 0 Å². The molecule has 4 nitrogen and oxygen atoms in total. The molecule has 0 fully saturated rings. The minimum atomic E-state index is 0.793. The Morgan fingerprint density at radius 3 is 2.60 bits per heavy atom. The molecule has 0 unspecified atom stereocenters.